The normalized spacial score (nSPS) is 12.4. The van der Waals surface area contributed by atoms with Crippen molar-refractivity contribution in [2.24, 2.45) is 0 Å². The highest BCUT2D eigenvalue weighted by atomic mass is 16.5. The molecule has 0 amide bonds. The van der Waals surface area contributed by atoms with Crippen molar-refractivity contribution >= 4 is 43.1 Å². The van der Waals surface area contributed by atoms with Crippen molar-refractivity contribution < 1.29 is 9.47 Å². The van der Waals surface area contributed by atoms with Crippen molar-refractivity contribution in [2.45, 2.75) is 0 Å². The molecule has 12 rings (SSSR count). The van der Waals surface area contributed by atoms with E-state index in [2.05, 4.69) is 170 Å². The van der Waals surface area contributed by atoms with Gasteiger partial charge in [-0.15, -0.1) is 0 Å². The maximum Gasteiger partial charge on any atom is 0.135 e. The van der Waals surface area contributed by atoms with Crippen LogP contribution in [0, 0.1) is 0 Å². The van der Waals surface area contributed by atoms with Crippen molar-refractivity contribution in [3.05, 3.63) is 182 Å². The van der Waals surface area contributed by atoms with Gasteiger partial charge in [0.25, 0.3) is 0 Å². The lowest BCUT2D eigenvalue weighted by Gasteiger charge is -2.23. The summed E-state index contributed by atoms with van der Waals surface area (Å²) in [6.07, 6.45) is 0. The Labute approximate surface area is 312 Å². The van der Waals surface area contributed by atoms with Gasteiger partial charge in [0.1, 0.15) is 23.0 Å². The molecule has 0 aromatic heterocycles. The van der Waals surface area contributed by atoms with E-state index < -0.39 is 0 Å². The molecule has 2 heterocycles. The summed E-state index contributed by atoms with van der Waals surface area (Å²) in [7, 11) is 0. The Morgan fingerprint density at radius 1 is 0.241 bits per heavy atom. The molecule has 0 bridgehead atoms. The van der Waals surface area contributed by atoms with E-state index >= 15 is 0 Å². The number of hydrogen-bond acceptors (Lipinski definition) is 2. The predicted octanol–water partition coefficient (Wildman–Crippen LogP) is 14.8. The van der Waals surface area contributed by atoms with E-state index in [4.69, 9.17) is 9.47 Å². The molecule has 2 aliphatic heterocycles. The van der Waals surface area contributed by atoms with E-state index in [1.807, 2.05) is 12.1 Å². The molecule has 10 aromatic rings. The third kappa shape index (κ3) is 4.17. The second-order valence-electron chi connectivity index (χ2n) is 14.3. The fraction of sp³-hybridized carbons (Fsp3) is 0. The Balaban J connectivity index is 1.00. The molecule has 0 radical (unpaired) electrons. The maximum absolute atomic E-state index is 6.57. The minimum atomic E-state index is 0.892. The summed E-state index contributed by atoms with van der Waals surface area (Å²) in [4.78, 5) is 0. The third-order valence-corrected chi connectivity index (χ3v) is 11.5. The zero-order valence-corrected chi connectivity index (χ0v) is 29.1. The van der Waals surface area contributed by atoms with Gasteiger partial charge in [-0.1, -0.05) is 152 Å². The molecule has 0 saturated heterocycles. The molecule has 250 valence electrons. The van der Waals surface area contributed by atoms with Gasteiger partial charge in [-0.25, -0.2) is 0 Å². The molecule has 0 atom stereocenters. The number of para-hydroxylation sites is 1. The number of benzene rings is 10. The van der Waals surface area contributed by atoms with Crippen LogP contribution in [0.15, 0.2) is 182 Å². The van der Waals surface area contributed by atoms with Crippen molar-refractivity contribution in [1.29, 1.82) is 0 Å². The number of ether oxygens (including phenoxy) is 2. The van der Waals surface area contributed by atoms with Crippen LogP contribution in [0.2, 0.25) is 0 Å². The van der Waals surface area contributed by atoms with Gasteiger partial charge in [-0.2, -0.15) is 0 Å². The first-order chi connectivity index (χ1) is 26.8. The highest BCUT2D eigenvalue weighted by Gasteiger charge is 2.24. The van der Waals surface area contributed by atoms with Crippen LogP contribution in [-0.2, 0) is 0 Å². The number of hydrogen-bond donors (Lipinski definition) is 0. The van der Waals surface area contributed by atoms with Crippen molar-refractivity contribution in [2.75, 3.05) is 0 Å². The average molecular weight is 687 g/mol. The molecule has 0 saturated carbocycles. The van der Waals surface area contributed by atoms with E-state index in [1.165, 1.54) is 76.6 Å². The summed E-state index contributed by atoms with van der Waals surface area (Å²) in [5.41, 5.74) is 11.9. The average Bonchev–Trinajstić information content (AvgIpc) is 3.23. The lowest BCUT2D eigenvalue weighted by atomic mass is 9.85. The molecule has 2 aliphatic rings. The third-order valence-electron chi connectivity index (χ3n) is 11.5. The number of rotatable bonds is 3. The molecule has 0 fully saturated rings. The van der Waals surface area contributed by atoms with Crippen molar-refractivity contribution in [3.8, 4) is 78.6 Å². The van der Waals surface area contributed by atoms with Gasteiger partial charge in [0, 0.05) is 21.9 Å². The van der Waals surface area contributed by atoms with Gasteiger partial charge in [-0.05, 0) is 107 Å². The van der Waals surface area contributed by atoms with Gasteiger partial charge >= 0.3 is 0 Å². The molecule has 0 unspecified atom stereocenters. The molecule has 0 N–H and O–H groups in total. The molecule has 0 spiro atoms. The van der Waals surface area contributed by atoms with Crippen LogP contribution in [0.5, 0.6) is 23.0 Å². The van der Waals surface area contributed by atoms with Crippen molar-refractivity contribution in [3.63, 3.8) is 0 Å². The highest BCUT2D eigenvalue weighted by molar-refractivity contribution is 6.16. The smallest absolute Gasteiger partial charge is 0.135 e. The zero-order valence-electron chi connectivity index (χ0n) is 29.1. The van der Waals surface area contributed by atoms with Crippen LogP contribution in [0.4, 0.5) is 0 Å². The fourth-order valence-electron chi connectivity index (χ4n) is 9.10. The monoisotopic (exact) mass is 686 g/mol. The summed E-state index contributed by atoms with van der Waals surface area (Å²) in [5.74, 6) is 3.61. The first-order valence-corrected chi connectivity index (χ1v) is 18.5. The first kappa shape index (κ1) is 29.4. The van der Waals surface area contributed by atoms with Gasteiger partial charge in [0.2, 0.25) is 0 Å². The van der Waals surface area contributed by atoms with E-state index in [0.717, 1.165) is 45.1 Å². The number of fused-ring (bicyclic) bond motifs is 6. The van der Waals surface area contributed by atoms with E-state index in [-0.39, 0.29) is 0 Å². The fourth-order valence-corrected chi connectivity index (χ4v) is 9.10. The second kappa shape index (κ2) is 11.2. The van der Waals surface area contributed by atoms with Gasteiger partial charge in [-0.3, -0.25) is 0 Å². The molecule has 10 aromatic carbocycles. The summed E-state index contributed by atoms with van der Waals surface area (Å²) in [6, 6.07) is 65.6. The zero-order chi connectivity index (χ0) is 35.3. The Kier molecular flexibility index (Phi) is 6.09. The standard InChI is InChI=1S/C52H30O2/c1-2-13-35-34(12-1)33(32-22-23-43-45-17-7-10-31-11-8-20-48(51(31)45)54-50(43)30-32)24-25-38(35)39-26-27-40(37-15-4-3-14-36(37)39)41-28-29-46-42-16-5-6-19-47(42)53-49-21-9-18-44(41)52(46)49/h1-30H. The first-order valence-electron chi connectivity index (χ1n) is 18.5. The van der Waals surface area contributed by atoms with E-state index in [1.54, 1.807) is 0 Å². The molecule has 2 nitrogen and oxygen atoms in total. The van der Waals surface area contributed by atoms with Crippen LogP contribution in [0.1, 0.15) is 0 Å². The molecule has 2 heteroatoms. The van der Waals surface area contributed by atoms with E-state index in [9.17, 15) is 0 Å². The minimum Gasteiger partial charge on any atom is -0.456 e. The molecule has 0 aliphatic carbocycles. The minimum absolute atomic E-state index is 0.892. The Hall–Kier alpha value is -7.16. The van der Waals surface area contributed by atoms with Crippen LogP contribution < -0.4 is 9.47 Å². The Bertz CT molecular complexity index is 3220. The topological polar surface area (TPSA) is 18.5 Å². The quantitative estimate of drug-likeness (QED) is 0.184. The van der Waals surface area contributed by atoms with E-state index in [0.29, 0.717) is 0 Å². The lowest BCUT2D eigenvalue weighted by Crippen LogP contribution is -1.98. The second-order valence-corrected chi connectivity index (χ2v) is 14.3. The van der Waals surface area contributed by atoms with Crippen LogP contribution in [-0.4, -0.2) is 0 Å². The van der Waals surface area contributed by atoms with Crippen molar-refractivity contribution in [1.82, 2.24) is 0 Å². The largest absolute Gasteiger partial charge is 0.456 e. The Morgan fingerprint density at radius 2 is 0.667 bits per heavy atom. The summed E-state index contributed by atoms with van der Waals surface area (Å²) < 4.78 is 13.0. The SMILES string of the molecule is c1ccc2c(c1)Oc1cccc3c(-c4ccc(-c5ccc(-c6ccc7c(c6)Oc6cccc8cccc-7c68)c6ccccc56)c5ccccc45)ccc-2c13. The molecular weight excluding hydrogens is 657 g/mol. The maximum atomic E-state index is 6.57. The van der Waals surface area contributed by atoms with Crippen LogP contribution >= 0.6 is 0 Å². The highest BCUT2D eigenvalue weighted by Crippen LogP contribution is 2.51. The lowest BCUT2D eigenvalue weighted by molar-refractivity contribution is 0.487. The molecular formula is C52H30O2. The van der Waals surface area contributed by atoms with Gasteiger partial charge < -0.3 is 9.47 Å². The summed E-state index contributed by atoms with van der Waals surface area (Å²) >= 11 is 0. The molecule has 54 heavy (non-hydrogen) atoms. The summed E-state index contributed by atoms with van der Waals surface area (Å²) in [6.45, 7) is 0. The van der Waals surface area contributed by atoms with Crippen LogP contribution in [0.3, 0.4) is 0 Å². The van der Waals surface area contributed by atoms with Gasteiger partial charge in [0.05, 0.1) is 0 Å². The van der Waals surface area contributed by atoms with Crippen LogP contribution in [0.25, 0.3) is 98.7 Å². The van der Waals surface area contributed by atoms with Gasteiger partial charge in [0.15, 0.2) is 0 Å². The predicted molar refractivity (Wildman–Crippen MR) is 224 cm³/mol. The Morgan fingerprint density at radius 3 is 1.39 bits per heavy atom. The summed E-state index contributed by atoms with van der Waals surface area (Å²) in [5, 5.41) is 9.62.